The van der Waals surface area contributed by atoms with Crippen LogP contribution in [0.4, 0.5) is 0 Å². The number of nitrogens with zero attached hydrogens (tertiary/aromatic N) is 2. The summed E-state index contributed by atoms with van der Waals surface area (Å²) in [4.78, 5) is 5.23. The fourth-order valence-corrected chi connectivity index (χ4v) is 1.92. The molecular formula is C11H12N2O2S. The summed E-state index contributed by atoms with van der Waals surface area (Å²) in [5.74, 6) is 1.51. The average Bonchev–Trinajstić information content (AvgIpc) is 2.76. The van der Waals surface area contributed by atoms with Crippen LogP contribution in [0, 0.1) is 0 Å². The van der Waals surface area contributed by atoms with Gasteiger partial charge in [-0.05, 0) is 19.1 Å². The van der Waals surface area contributed by atoms with Gasteiger partial charge in [0.1, 0.15) is 6.10 Å². The van der Waals surface area contributed by atoms with E-state index in [0.29, 0.717) is 11.6 Å². The van der Waals surface area contributed by atoms with E-state index in [1.165, 1.54) is 0 Å². The van der Waals surface area contributed by atoms with Gasteiger partial charge in [-0.2, -0.15) is 4.98 Å². The van der Waals surface area contributed by atoms with E-state index in [1.54, 1.807) is 18.7 Å². The summed E-state index contributed by atoms with van der Waals surface area (Å²) in [6.45, 7) is 1.60. The topological polar surface area (TPSA) is 59.2 Å². The van der Waals surface area contributed by atoms with Crippen molar-refractivity contribution in [2.75, 3.05) is 0 Å². The van der Waals surface area contributed by atoms with Crippen LogP contribution in [0.1, 0.15) is 24.7 Å². The maximum Gasteiger partial charge on any atom is 0.255 e. The van der Waals surface area contributed by atoms with Crippen molar-refractivity contribution in [2.45, 2.75) is 23.7 Å². The molecule has 0 aliphatic carbocycles. The van der Waals surface area contributed by atoms with E-state index in [9.17, 15) is 5.11 Å². The number of hydrogen-bond acceptors (Lipinski definition) is 5. The quantitative estimate of drug-likeness (QED) is 0.826. The molecule has 0 bridgehead atoms. The summed E-state index contributed by atoms with van der Waals surface area (Å²) in [6, 6.07) is 10.0. The second-order valence-corrected chi connectivity index (χ2v) is 4.38. The highest BCUT2D eigenvalue weighted by atomic mass is 32.2. The largest absolute Gasteiger partial charge is 0.384 e. The molecule has 2 rings (SSSR count). The average molecular weight is 236 g/mol. The van der Waals surface area contributed by atoms with Gasteiger partial charge in [-0.25, -0.2) is 0 Å². The van der Waals surface area contributed by atoms with Crippen LogP contribution in [0.25, 0.3) is 0 Å². The number of thioether (sulfide) groups is 1. The first kappa shape index (κ1) is 11.2. The molecule has 5 heteroatoms. The lowest BCUT2D eigenvalue weighted by molar-refractivity contribution is 0.151. The molecule has 0 amide bonds. The summed E-state index contributed by atoms with van der Waals surface area (Å²) >= 11 is 1.63. The van der Waals surface area contributed by atoms with E-state index in [-0.39, 0.29) is 5.89 Å². The minimum Gasteiger partial charge on any atom is -0.384 e. The lowest BCUT2D eigenvalue weighted by Gasteiger charge is -1.96. The molecule has 1 aromatic carbocycles. The number of rotatable bonds is 4. The minimum atomic E-state index is -0.706. The fourth-order valence-electron chi connectivity index (χ4n) is 1.16. The number of aliphatic hydroxyl groups excluding tert-OH is 1. The van der Waals surface area contributed by atoms with Crippen LogP contribution >= 0.6 is 11.8 Å². The first-order valence-electron chi connectivity index (χ1n) is 4.94. The Morgan fingerprint density at radius 1 is 1.38 bits per heavy atom. The molecule has 1 N–H and O–H groups in total. The second-order valence-electron chi connectivity index (χ2n) is 3.33. The first-order valence-corrected chi connectivity index (χ1v) is 5.92. The van der Waals surface area contributed by atoms with Crippen molar-refractivity contribution in [2.24, 2.45) is 0 Å². The van der Waals surface area contributed by atoms with Crippen LogP contribution < -0.4 is 0 Å². The van der Waals surface area contributed by atoms with Crippen molar-refractivity contribution < 1.29 is 9.63 Å². The van der Waals surface area contributed by atoms with E-state index < -0.39 is 6.10 Å². The van der Waals surface area contributed by atoms with Gasteiger partial charge in [-0.1, -0.05) is 23.4 Å². The van der Waals surface area contributed by atoms with Gasteiger partial charge in [0.25, 0.3) is 5.89 Å². The molecular weight excluding hydrogens is 224 g/mol. The smallest absolute Gasteiger partial charge is 0.255 e. The van der Waals surface area contributed by atoms with E-state index in [2.05, 4.69) is 10.1 Å². The predicted molar refractivity (Wildman–Crippen MR) is 60.9 cm³/mol. The van der Waals surface area contributed by atoms with Gasteiger partial charge in [-0.15, -0.1) is 11.8 Å². The third-order valence-corrected chi connectivity index (χ3v) is 2.96. The lowest BCUT2D eigenvalue weighted by Crippen LogP contribution is -1.91. The molecule has 2 aromatic rings. The van der Waals surface area contributed by atoms with Crippen LogP contribution in [-0.4, -0.2) is 15.2 Å². The third-order valence-electron chi connectivity index (χ3n) is 1.95. The molecule has 0 aliphatic heterocycles. The Morgan fingerprint density at radius 2 is 2.12 bits per heavy atom. The highest BCUT2D eigenvalue weighted by Gasteiger charge is 2.10. The number of aliphatic hydroxyl groups is 1. The van der Waals surface area contributed by atoms with Crippen molar-refractivity contribution in [3.63, 3.8) is 0 Å². The first-order chi connectivity index (χ1) is 7.75. The van der Waals surface area contributed by atoms with E-state index in [1.807, 2.05) is 30.3 Å². The Balaban J connectivity index is 1.95. The Morgan fingerprint density at radius 3 is 2.75 bits per heavy atom. The molecule has 1 atom stereocenters. The van der Waals surface area contributed by atoms with E-state index >= 15 is 0 Å². The summed E-state index contributed by atoms with van der Waals surface area (Å²) in [6.07, 6.45) is -0.706. The van der Waals surface area contributed by atoms with Crippen molar-refractivity contribution in [1.82, 2.24) is 10.1 Å². The molecule has 0 saturated carbocycles. The molecule has 0 aliphatic rings. The van der Waals surface area contributed by atoms with Crippen LogP contribution in [0.3, 0.4) is 0 Å². The van der Waals surface area contributed by atoms with Gasteiger partial charge in [-0.3, -0.25) is 0 Å². The molecule has 0 radical (unpaired) electrons. The normalized spacial score (nSPS) is 12.6. The van der Waals surface area contributed by atoms with Crippen molar-refractivity contribution in [3.8, 4) is 0 Å². The Hall–Kier alpha value is -1.33. The lowest BCUT2D eigenvalue weighted by atomic mass is 10.4. The SMILES string of the molecule is CC(O)c1nc(CSc2ccccc2)no1. The van der Waals surface area contributed by atoms with Crippen LogP contribution in [-0.2, 0) is 5.75 Å². The summed E-state index contributed by atoms with van der Waals surface area (Å²) in [5, 5.41) is 13.0. The van der Waals surface area contributed by atoms with Gasteiger partial charge in [0.2, 0.25) is 0 Å². The Bertz CT molecular complexity index is 442. The van der Waals surface area contributed by atoms with Crippen molar-refractivity contribution >= 4 is 11.8 Å². The highest BCUT2D eigenvalue weighted by molar-refractivity contribution is 7.98. The van der Waals surface area contributed by atoms with Crippen LogP contribution in [0.2, 0.25) is 0 Å². The molecule has 1 aromatic heterocycles. The number of benzene rings is 1. The van der Waals surface area contributed by atoms with Crippen LogP contribution in [0.15, 0.2) is 39.8 Å². The van der Waals surface area contributed by atoms with Gasteiger partial charge in [0, 0.05) is 4.90 Å². The minimum absolute atomic E-state index is 0.267. The molecule has 4 nitrogen and oxygen atoms in total. The second kappa shape index (κ2) is 5.14. The number of aromatic nitrogens is 2. The Labute approximate surface area is 97.7 Å². The zero-order chi connectivity index (χ0) is 11.4. The zero-order valence-corrected chi connectivity index (χ0v) is 9.65. The van der Waals surface area contributed by atoms with E-state index in [4.69, 9.17) is 4.52 Å². The molecule has 1 heterocycles. The predicted octanol–water partition coefficient (Wildman–Crippen LogP) is 2.42. The molecule has 16 heavy (non-hydrogen) atoms. The van der Waals surface area contributed by atoms with Crippen LogP contribution in [0.5, 0.6) is 0 Å². The number of hydrogen-bond donors (Lipinski definition) is 1. The summed E-state index contributed by atoms with van der Waals surface area (Å²) < 4.78 is 4.89. The van der Waals surface area contributed by atoms with Gasteiger partial charge >= 0.3 is 0 Å². The molecule has 1 unspecified atom stereocenters. The van der Waals surface area contributed by atoms with Gasteiger partial charge < -0.3 is 9.63 Å². The molecule has 0 spiro atoms. The summed E-state index contributed by atoms with van der Waals surface area (Å²) in [5.41, 5.74) is 0. The van der Waals surface area contributed by atoms with Gasteiger partial charge in [0.05, 0.1) is 5.75 Å². The summed E-state index contributed by atoms with van der Waals surface area (Å²) in [7, 11) is 0. The van der Waals surface area contributed by atoms with E-state index in [0.717, 1.165) is 4.90 Å². The third kappa shape index (κ3) is 2.84. The molecule has 0 saturated heterocycles. The van der Waals surface area contributed by atoms with Crippen molar-refractivity contribution in [3.05, 3.63) is 42.0 Å². The molecule has 0 fully saturated rings. The maximum absolute atomic E-state index is 9.22. The Kier molecular flexibility index (Phi) is 3.58. The molecule has 84 valence electrons. The zero-order valence-electron chi connectivity index (χ0n) is 8.83. The monoisotopic (exact) mass is 236 g/mol. The van der Waals surface area contributed by atoms with Crippen molar-refractivity contribution in [1.29, 1.82) is 0 Å². The highest BCUT2D eigenvalue weighted by Crippen LogP contribution is 2.21. The maximum atomic E-state index is 9.22. The standard InChI is InChI=1S/C11H12N2O2S/c1-8(14)11-12-10(13-15-11)7-16-9-5-3-2-4-6-9/h2-6,8,14H,7H2,1H3. The van der Waals surface area contributed by atoms with Gasteiger partial charge in [0.15, 0.2) is 5.82 Å². The fraction of sp³-hybridized carbons (Fsp3) is 0.273.